The molecule has 0 atom stereocenters. The number of carbonyl (C=O) groups is 1. The van der Waals surface area contributed by atoms with Gasteiger partial charge in [-0.05, 0) is 18.1 Å². The van der Waals surface area contributed by atoms with Crippen LogP contribution in [0.2, 0.25) is 0 Å². The lowest BCUT2D eigenvalue weighted by Crippen LogP contribution is -2.13. The molecule has 0 aliphatic carbocycles. The van der Waals surface area contributed by atoms with E-state index in [2.05, 4.69) is 37.6 Å². The number of carbonyl (C=O) groups excluding carboxylic acids is 1. The van der Waals surface area contributed by atoms with Crippen molar-refractivity contribution in [3.8, 4) is 11.8 Å². The van der Waals surface area contributed by atoms with Gasteiger partial charge in [-0.15, -0.1) is 0 Å². The van der Waals surface area contributed by atoms with Crippen LogP contribution in [0.1, 0.15) is 16.2 Å². The summed E-state index contributed by atoms with van der Waals surface area (Å²) in [7, 11) is 0. The average Bonchev–Trinajstić information content (AvgIpc) is 2.91. The summed E-state index contributed by atoms with van der Waals surface area (Å²) in [5, 5.41) is 20.7. The Hall–Kier alpha value is -2.72. The molecule has 7 nitrogen and oxygen atoms in total. The van der Waals surface area contributed by atoms with E-state index in [-0.39, 0.29) is 12.3 Å². The largest absolute Gasteiger partial charge is 0.384 e. The lowest BCUT2D eigenvalue weighted by atomic mass is 10.3. The maximum Gasteiger partial charge on any atom is 0.278 e. The monoisotopic (exact) mass is 243 g/mol. The van der Waals surface area contributed by atoms with Crippen LogP contribution in [0.15, 0.2) is 24.4 Å². The minimum absolute atomic E-state index is 0.170. The van der Waals surface area contributed by atoms with Crippen molar-refractivity contribution in [2.45, 2.75) is 0 Å². The molecule has 0 unspecified atom stereocenters. The molecule has 0 bridgehead atoms. The van der Waals surface area contributed by atoms with Crippen LogP contribution in [0.4, 0.5) is 5.82 Å². The molecule has 1 amide bonds. The fourth-order valence-electron chi connectivity index (χ4n) is 1.20. The van der Waals surface area contributed by atoms with Gasteiger partial charge in [0, 0.05) is 0 Å². The molecule has 0 aliphatic heterocycles. The number of hydrogen-bond acceptors (Lipinski definition) is 5. The Morgan fingerprint density at radius 2 is 2.39 bits per heavy atom. The quantitative estimate of drug-likeness (QED) is 0.633. The maximum absolute atomic E-state index is 11.7. The van der Waals surface area contributed by atoms with Crippen molar-refractivity contribution < 1.29 is 9.90 Å². The van der Waals surface area contributed by atoms with Gasteiger partial charge in [-0.25, -0.2) is 4.98 Å². The predicted octanol–water partition coefficient (Wildman–Crippen LogP) is -0.204. The Balaban J connectivity index is 2.12. The number of nitrogens with zero attached hydrogens (tertiary/aromatic N) is 3. The first-order chi connectivity index (χ1) is 8.79. The van der Waals surface area contributed by atoms with Crippen LogP contribution in [-0.2, 0) is 0 Å². The summed E-state index contributed by atoms with van der Waals surface area (Å²) >= 11 is 0. The van der Waals surface area contributed by atoms with Gasteiger partial charge in [0.05, 0.1) is 6.20 Å². The van der Waals surface area contributed by atoms with Gasteiger partial charge >= 0.3 is 0 Å². The van der Waals surface area contributed by atoms with Gasteiger partial charge in [0.2, 0.25) is 0 Å². The highest BCUT2D eigenvalue weighted by atomic mass is 16.2. The molecule has 0 spiro atoms. The Bertz CT molecular complexity index is 597. The summed E-state index contributed by atoms with van der Waals surface area (Å²) in [6.45, 7) is -0.239. The number of aromatic nitrogens is 4. The van der Waals surface area contributed by atoms with Gasteiger partial charge in [0.25, 0.3) is 5.91 Å². The summed E-state index contributed by atoms with van der Waals surface area (Å²) < 4.78 is 0. The number of rotatable bonds is 2. The van der Waals surface area contributed by atoms with Crippen LogP contribution in [-0.4, -0.2) is 38.0 Å². The second-order valence-corrected chi connectivity index (χ2v) is 3.18. The van der Waals surface area contributed by atoms with Crippen molar-refractivity contribution >= 4 is 11.7 Å². The Morgan fingerprint density at radius 3 is 3.11 bits per heavy atom. The zero-order valence-corrected chi connectivity index (χ0v) is 9.21. The Kier molecular flexibility index (Phi) is 3.63. The van der Waals surface area contributed by atoms with Crippen molar-refractivity contribution in [3.05, 3.63) is 35.8 Å². The van der Waals surface area contributed by atoms with E-state index in [1.807, 2.05) is 0 Å². The molecule has 18 heavy (non-hydrogen) atoms. The van der Waals surface area contributed by atoms with E-state index in [4.69, 9.17) is 5.11 Å². The van der Waals surface area contributed by atoms with E-state index >= 15 is 0 Å². The number of aliphatic hydroxyl groups is 1. The summed E-state index contributed by atoms with van der Waals surface area (Å²) in [5.41, 5.74) is 0.630. The average molecular weight is 243 g/mol. The zero-order valence-electron chi connectivity index (χ0n) is 9.21. The van der Waals surface area contributed by atoms with Gasteiger partial charge in [0.15, 0.2) is 5.69 Å². The van der Waals surface area contributed by atoms with Crippen LogP contribution in [0.3, 0.4) is 0 Å². The minimum Gasteiger partial charge on any atom is -0.384 e. The van der Waals surface area contributed by atoms with E-state index in [1.54, 1.807) is 18.2 Å². The zero-order chi connectivity index (χ0) is 12.8. The second-order valence-electron chi connectivity index (χ2n) is 3.18. The first kappa shape index (κ1) is 11.8. The number of anilines is 1. The van der Waals surface area contributed by atoms with E-state index < -0.39 is 5.91 Å². The molecule has 2 rings (SSSR count). The Labute approximate surface area is 102 Å². The van der Waals surface area contributed by atoms with Crippen molar-refractivity contribution in [1.82, 2.24) is 20.4 Å². The first-order valence-electron chi connectivity index (χ1n) is 5.03. The van der Waals surface area contributed by atoms with Crippen molar-refractivity contribution in [2.24, 2.45) is 0 Å². The molecule has 7 heteroatoms. The topological polar surface area (TPSA) is 104 Å². The smallest absolute Gasteiger partial charge is 0.278 e. The third-order valence-electron chi connectivity index (χ3n) is 1.93. The molecule has 3 N–H and O–H groups in total. The highest BCUT2D eigenvalue weighted by Crippen LogP contribution is 2.05. The molecular formula is C11H9N5O2. The second kappa shape index (κ2) is 5.56. The van der Waals surface area contributed by atoms with Crippen LogP contribution >= 0.6 is 0 Å². The molecule has 2 aromatic rings. The molecule has 0 saturated heterocycles. The number of nitrogens with one attached hydrogen (secondary N) is 2. The number of pyridine rings is 1. The SMILES string of the molecule is O=C(Nc1cccc(C#CCO)n1)c1cn[nH]n1. The molecule has 0 aliphatic rings. The van der Waals surface area contributed by atoms with E-state index in [1.165, 1.54) is 6.20 Å². The van der Waals surface area contributed by atoms with Gasteiger partial charge < -0.3 is 10.4 Å². The van der Waals surface area contributed by atoms with Crippen LogP contribution in [0.5, 0.6) is 0 Å². The van der Waals surface area contributed by atoms with E-state index in [0.29, 0.717) is 11.5 Å². The van der Waals surface area contributed by atoms with Gasteiger partial charge in [-0.2, -0.15) is 15.4 Å². The van der Waals surface area contributed by atoms with Crippen LogP contribution in [0, 0.1) is 11.8 Å². The molecule has 90 valence electrons. The van der Waals surface area contributed by atoms with Gasteiger partial charge in [0.1, 0.15) is 18.1 Å². The summed E-state index contributed by atoms with van der Waals surface area (Å²) in [4.78, 5) is 15.7. The van der Waals surface area contributed by atoms with Gasteiger partial charge in [-0.3, -0.25) is 4.79 Å². The molecule has 2 aromatic heterocycles. The first-order valence-corrected chi connectivity index (χ1v) is 5.03. The highest BCUT2D eigenvalue weighted by Gasteiger charge is 2.09. The third kappa shape index (κ3) is 2.90. The molecule has 0 radical (unpaired) electrons. The van der Waals surface area contributed by atoms with Crippen LogP contribution in [0.25, 0.3) is 0 Å². The van der Waals surface area contributed by atoms with Crippen molar-refractivity contribution in [1.29, 1.82) is 0 Å². The lowest BCUT2D eigenvalue weighted by Gasteiger charge is -2.01. The van der Waals surface area contributed by atoms with E-state index in [0.717, 1.165) is 0 Å². The summed E-state index contributed by atoms with van der Waals surface area (Å²) in [6, 6.07) is 5.00. The number of amides is 1. The maximum atomic E-state index is 11.7. The lowest BCUT2D eigenvalue weighted by molar-refractivity contribution is 0.102. The summed E-state index contributed by atoms with van der Waals surface area (Å²) in [6.07, 6.45) is 1.31. The number of aromatic amines is 1. The standard InChI is InChI=1S/C11H9N5O2/c17-6-2-4-8-3-1-5-10(13-8)14-11(18)9-7-12-16-15-9/h1,3,5,7,17H,6H2,(H,12,15,16)(H,13,14,18). The normalized spacial score (nSPS) is 9.39. The number of aliphatic hydroxyl groups excluding tert-OH is 1. The Morgan fingerprint density at radius 1 is 1.50 bits per heavy atom. The minimum atomic E-state index is -0.413. The van der Waals surface area contributed by atoms with Gasteiger partial charge in [-0.1, -0.05) is 12.0 Å². The molecule has 0 saturated carbocycles. The van der Waals surface area contributed by atoms with Crippen LogP contribution < -0.4 is 5.32 Å². The molecule has 0 aromatic carbocycles. The summed E-state index contributed by atoms with van der Waals surface area (Å²) in [5.74, 6) is 5.06. The predicted molar refractivity (Wildman–Crippen MR) is 62.5 cm³/mol. The fourth-order valence-corrected chi connectivity index (χ4v) is 1.20. The van der Waals surface area contributed by atoms with E-state index in [9.17, 15) is 4.79 Å². The number of H-pyrrole nitrogens is 1. The highest BCUT2D eigenvalue weighted by molar-refractivity contribution is 6.01. The fraction of sp³-hybridized carbons (Fsp3) is 0.0909. The molecule has 2 heterocycles. The third-order valence-corrected chi connectivity index (χ3v) is 1.93. The molecule has 0 fully saturated rings. The number of hydrogen-bond donors (Lipinski definition) is 3. The van der Waals surface area contributed by atoms with Crippen molar-refractivity contribution in [3.63, 3.8) is 0 Å². The van der Waals surface area contributed by atoms with Crippen molar-refractivity contribution in [2.75, 3.05) is 11.9 Å². The molecular weight excluding hydrogens is 234 g/mol.